The van der Waals surface area contributed by atoms with Gasteiger partial charge in [-0.05, 0) is 37.5 Å². The number of benzene rings is 1. The lowest BCUT2D eigenvalue weighted by atomic mass is 10.2. The van der Waals surface area contributed by atoms with Gasteiger partial charge in [-0.2, -0.15) is 0 Å². The van der Waals surface area contributed by atoms with E-state index in [-0.39, 0.29) is 6.23 Å². The second-order valence-electron chi connectivity index (χ2n) is 3.74. The van der Waals surface area contributed by atoms with Gasteiger partial charge in [0.25, 0.3) is 0 Å². The summed E-state index contributed by atoms with van der Waals surface area (Å²) in [5.74, 6) is 1.47. The summed E-state index contributed by atoms with van der Waals surface area (Å²) >= 11 is 0. The molecule has 13 heavy (non-hydrogen) atoms. The van der Waals surface area contributed by atoms with Crippen LogP contribution in [0.1, 0.15) is 18.4 Å². The SMILES string of the molecule is Cc1cccc(OC(N)C2CC2)c1. The summed E-state index contributed by atoms with van der Waals surface area (Å²) in [5.41, 5.74) is 7.05. The van der Waals surface area contributed by atoms with Crippen molar-refractivity contribution in [2.45, 2.75) is 26.0 Å². The van der Waals surface area contributed by atoms with Gasteiger partial charge >= 0.3 is 0 Å². The standard InChI is InChI=1S/C11H15NO/c1-8-3-2-4-10(7-8)13-11(12)9-5-6-9/h2-4,7,9,11H,5-6,12H2,1H3. The van der Waals surface area contributed by atoms with E-state index in [0.717, 1.165) is 5.75 Å². The zero-order valence-electron chi connectivity index (χ0n) is 7.86. The van der Waals surface area contributed by atoms with Crippen LogP contribution in [-0.2, 0) is 0 Å². The van der Waals surface area contributed by atoms with Crippen LogP contribution in [-0.4, -0.2) is 6.23 Å². The van der Waals surface area contributed by atoms with E-state index >= 15 is 0 Å². The molecule has 2 heteroatoms. The molecule has 0 amide bonds. The van der Waals surface area contributed by atoms with Gasteiger partial charge in [0.1, 0.15) is 5.75 Å². The summed E-state index contributed by atoms with van der Waals surface area (Å²) in [6, 6.07) is 8.01. The first-order chi connectivity index (χ1) is 6.25. The number of aryl methyl sites for hydroxylation is 1. The van der Waals surface area contributed by atoms with E-state index in [1.54, 1.807) is 0 Å². The Morgan fingerprint density at radius 1 is 1.46 bits per heavy atom. The van der Waals surface area contributed by atoms with Gasteiger partial charge in [0.2, 0.25) is 0 Å². The summed E-state index contributed by atoms with van der Waals surface area (Å²) in [6.45, 7) is 2.05. The third-order valence-corrected chi connectivity index (χ3v) is 2.35. The molecule has 1 atom stereocenters. The lowest BCUT2D eigenvalue weighted by Gasteiger charge is -2.13. The molecule has 1 aromatic rings. The van der Waals surface area contributed by atoms with Gasteiger partial charge in [0.05, 0.1) is 0 Å². The van der Waals surface area contributed by atoms with Crippen LogP contribution < -0.4 is 10.5 Å². The molecule has 1 aromatic carbocycles. The largest absolute Gasteiger partial charge is 0.475 e. The summed E-state index contributed by atoms with van der Waals surface area (Å²) in [4.78, 5) is 0. The van der Waals surface area contributed by atoms with Crippen molar-refractivity contribution in [1.29, 1.82) is 0 Å². The Hall–Kier alpha value is -1.02. The van der Waals surface area contributed by atoms with Crippen molar-refractivity contribution >= 4 is 0 Å². The Labute approximate surface area is 78.7 Å². The average molecular weight is 177 g/mol. The van der Waals surface area contributed by atoms with E-state index in [2.05, 4.69) is 13.0 Å². The predicted octanol–water partition coefficient (Wildman–Crippen LogP) is 2.07. The number of rotatable bonds is 3. The van der Waals surface area contributed by atoms with Gasteiger partial charge in [0.15, 0.2) is 6.23 Å². The molecule has 2 N–H and O–H groups in total. The summed E-state index contributed by atoms with van der Waals surface area (Å²) < 4.78 is 5.60. The summed E-state index contributed by atoms with van der Waals surface area (Å²) in [5, 5.41) is 0. The highest BCUT2D eigenvalue weighted by molar-refractivity contribution is 5.27. The maximum absolute atomic E-state index is 5.84. The van der Waals surface area contributed by atoms with Gasteiger partial charge in [0, 0.05) is 5.92 Å². The molecule has 0 radical (unpaired) electrons. The minimum Gasteiger partial charge on any atom is -0.475 e. The number of hydrogen-bond acceptors (Lipinski definition) is 2. The molecule has 1 saturated carbocycles. The molecule has 70 valence electrons. The van der Waals surface area contributed by atoms with Gasteiger partial charge in [-0.3, -0.25) is 5.73 Å². The Morgan fingerprint density at radius 3 is 2.85 bits per heavy atom. The van der Waals surface area contributed by atoms with Crippen LogP contribution in [0.2, 0.25) is 0 Å². The Balaban J connectivity index is 2.00. The first-order valence-electron chi connectivity index (χ1n) is 4.74. The highest BCUT2D eigenvalue weighted by Crippen LogP contribution is 2.32. The van der Waals surface area contributed by atoms with E-state index in [0.29, 0.717) is 5.92 Å². The van der Waals surface area contributed by atoms with Crippen LogP contribution in [0, 0.1) is 12.8 Å². The maximum Gasteiger partial charge on any atom is 0.150 e. The molecule has 1 unspecified atom stereocenters. The second-order valence-corrected chi connectivity index (χ2v) is 3.74. The van der Waals surface area contributed by atoms with Crippen molar-refractivity contribution in [3.8, 4) is 5.75 Å². The van der Waals surface area contributed by atoms with E-state index in [1.165, 1.54) is 18.4 Å². The van der Waals surface area contributed by atoms with Crippen LogP contribution in [0.25, 0.3) is 0 Å². The molecule has 2 rings (SSSR count). The third kappa shape index (κ3) is 2.22. The molecule has 0 saturated heterocycles. The zero-order chi connectivity index (χ0) is 9.26. The van der Waals surface area contributed by atoms with E-state index in [4.69, 9.17) is 10.5 Å². The Morgan fingerprint density at radius 2 is 2.23 bits per heavy atom. The van der Waals surface area contributed by atoms with Crippen molar-refractivity contribution in [2.75, 3.05) is 0 Å². The molecular weight excluding hydrogens is 162 g/mol. The fourth-order valence-electron chi connectivity index (χ4n) is 1.37. The van der Waals surface area contributed by atoms with Crippen LogP contribution in [0.15, 0.2) is 24.3 Å². The van der Waals surface area contributed by atoms with E-state index in [9.17, 15) is 0 Å². The van der Waals surface area contributed by atoms with Crippen molar-refractivity contribution in [3.63, 3.8) is 0 Å². The molecule has 0 aliphatic heterocycles. The lowest BCUT2D eigenvalue weighted by molar-refractivity contribution is 0.185. The minimum atomic E-state index is -0.109. The maximum atomic E-state index is 5.84. The van der Waals surface area contributed by atoms with Crippen molar-refractivity contribution < 1.29 is 4.74 Å². The molecule has 0 heterocycles. The first kappa shape index (κ1) is 8.57. The smallest absolute Gasteiger partial charge is 0.150 e. The van der Waals surface area contributed by atoms with Crippen LogP contribution in [0.5, 0.6) is 5.75 Å². The molecular formula is C11H15NO. The topological polar surface area (TPSA) is 35.2 Å². The second kappa shape index (κ2) is 3.38. The van der Waals surface area contributed by atoms with Crippen LogP contribution >= 0.6 is 0 Å². The lowest BCUT2D eigenvalue weighted by Crippen LogP contribution is -2.29. The first-order valence-corrected chi connectivity index (χ1v) is 4.74. The molecule has 0 bridgehead atoms. The minimum absolute atomic E-state index is 0.109. The van der Waals surface area contributed by atoms with Crippen molar-refractivity contribution in [2.24, 2.45) is 11.7 Å². The van der Waals surface area contributed by atoms with Gasteiger partial charge in [-0.15, -0.1) is 0 Å². The highest BCUT2D eigenvalue weighted by atomic mass is 16.5. The molecule has 1 fully saturated rings. The summed E-state index contributed by atoms with van der Waals surface area (Å²) in [7, 11) is 0. The van der Waals surface area contributed by atoms with Gasteiger partial charge in [-0.25, -0.2) is 0 Å². The highest BCUT2D eigenvalue weighted by Gasteiger charge is 2.29. The third-order valence-electron chi connectivity index (χ3n) is 2.35. The van der Waals surface area contributed by atoms with E-state index < -0.39 is 0 Å². The van der Waals surface area contributed by atoms with Gasteiger partial charge < -0.3 is 4.74 Å². The Bertz CT molecular complexity index is 294. The summed E-state index contributed by atoms with van der Waals surface area (Å²) in [6.07, 6.45) is 2.32. The zero-order valence-corrected chi connectivity index (χ0v) is 7.86. The fourth-order valence-corrected chi connectivity index (χ4v) is 1.37. The Kier molecular flexibility index (Phi) is 2.23. The normalized spacial score (nSPS) is 18.3. The van der Waals surface area contributed by atoms with Crippen LogP contribution in [0.3, 0.4) is 0 Å². The molecule has 2 nitrogen and oxygen atoms in total. The number of nitrogens with two attached hydrogens (primary N) is 1. The quantitative estimate of drug-likeness (QED) is 0.717. The van der Waals surface area contributed by atoms with Crippen molar-refractivity contribution in [3.05, 3.63) is 29.8 Å². The number of ether oxygens (including phenoxy) is 1. The molecule has 0 aromatic heterocycles. The monoisotopic (exact) mass is 177 g/mol. The van der Waals surface area contributed by atoms with Crippen LogP contribution in [0.4, 0.5) is 0 Å². The average Bonchev–Trinajstić information content (AvgIpc) is 2.85. The molecule has 1 aliphatic rings. The van der Waals surface area contributed by atoms with Crippen molar-refractivity contribution in [1.82, 2.24) is 0 Å². The molecule has 0 spiro atoms. The molecule has 1 aliphatic carbocycles. The van der Waals surface area contributed by atoms with Gasteiger partial charge in [-0.1, -0.05) is 12.1 Å². The predicted molar refractivity (Wildman–Crippen MR) is 52.5 cm³/mol. The number of hydrogen-bond donors (Lipinski definition) is 1. The fraction of sp³-hybridized carbons (Fsp3) is 0.455. The van der Waals surface area contributed by atoms with E-state index in [1.807, 2.05) is 18.2 Å².